The van der Waals surface area contributed by atoms with E-state index in [1.54, 1.807) is 31.4 Å². The fourth-order valence-corrected chi connectivity index (χ4v) is 1.60. The Kier molecular flexibility index (Phi) is 2.44. The highest BCUT2D eigenvalue weighted by atomic mass is 35.5. The molecule has 0 amide bonds. The minimum Gasteiger partial charge on any atom is -0.494 e. The van der Waals surface area contributed by atoms with Crippen molar-refractivity contribution in [1.82, 2.24) is 4.98 Å². The molecule has 0 aliphatic carbocycles. The summed E-state index contributed by atoms with van der Waals surface area (Å²) in [6.45, 7) is 0. The van der Waals surface area contributed by atoms with Gasteiger partial charge in [0.1, 0.15) is 23.0 Å². The number of rotatable bonds is 1. The van der Waals surface area contributed by atoms with Gasteiger partial charge in [-0.05, 0) is 24.3 Å². The Morgan fingerprint density at radius 2 is 2.13 bits per heavy atom. The largest absolute Gasteiger partial charge is 0.494 e. The van der Waals surface area contributed by atoms with E-state index in [-0.39, 0.29) is 0 Å². The third-order valence-electron chi connectivity index (χ3n) is 2.10. The molecular formula is C11H7ClN2O. The van der Waals surface area contributed by atoms with Crippen molar-refractivity contribution in [3.05, 3.63) is 35.0 Å². The van der Waals surface area contributed by atoms with Gasteiger partial charge in [-0.3, -0.25) is 0 Å². The number of nitriles is 1. The number of aromatic nitrogens is 1. The summed E-state index contributed by atoms with van der Waals surface area (Å²) >= 11 is 6.00. The topological polar surface area (TPSA) is 45.9 Å². The molecule has 0 bridgehead atoms. The fourth-order valence-electron chi connectivity index (χ4n) is 1.38. The highest BCUT2D eigenvalue weighted by molar-refractivity contribution is 6.35. The van der Waals surface area contributed by atoms with Crippen molar-refractivity contribution in [1.29, 1.82) is 5.26 Å². The van der Waals surface area contributed by atoms with E-state index in [2.05, 4.69) is 4.98 Å². The summed E-state index contributed by atoms with van der Waals surface area (Å²) in [7, 11) is 1.56. The Bertz CT molecular complexity index is 560. The van der Waals surface area contributed by atoms with Crippen molar-refractivity contribution in [2.24, 2.45) is 0 Å². The second kappa shape index (κ2) is 3.76. The molecule has 15 heavy (non-hydrogen) atoms. The number of hydrogen-bond acceptors (Lipinski definition) is 3. The van der Waals surface area contributed by atoms with E-state index in [0.717, 1.165) is 5.39 Å². The number of nitrogens with zero attached hydrogens (tertiary/aromatic N) is 2. The van der Waals surface area contributed by atoms with Crippen LogP contribution in [-0.4, -0.2) is 12.1 Å². The van der Waals surface area contributed by atoms with Gasteiger partial charge in [0, 0.05) is 5.39 Å². The summed E-state index contributed by atoms with van der Waals surface area (Å²) in [6.07, 6.45) is 0. The van der Waals surface area contributed by atoms with E-state index in [0.29, 0.717) is 22.0 Å². The maximum Gasteiger partial charge on any atom is 0.145 e. The Balaban J connectivity index is 2.84. The van der Waals surface area contributed by atoms with Gasteiger partial charge in [0.05, 0.1) is 12.1 Å². The molecule has 3 nitrogen and oxygen atoms in total. The van der Waals surface area contributed by atoms with Crippen molar-refractivity contribution >= 4 is 22.5 Å². The maximum absolute atomic E-state index is 8.74. The van der Waals surface area contributed by atoms with Crippen molar-refractivity contribution in [2.45, 2.75) is 0 Å². The van der Waals surface area contributed by atoms with Crippen LogP contribution in [0.2, 0.25) is 5.02 Å². The number of halogens is 1. The molecule has 74 valence electrons. The Hall–Kier alpha value is -1.79. The zero-order chi connectivity index (χ0) is 10.8. The van der Waals surface area contributed by atoms with Crippen LogP contribution < -0.4 is 4.74 Å². The number of benzene rings is 1. The molecule has 0 fully saturated rings. The number of ether oxygens (including phenoxy) is 1. The predicted octanol–water partition coefficient (Wildman–Crippen LogP) is 2.77. The first-order valence-corrected chi connectivity index (χ1v) is 4.67. The average molecular weight is 219 g/mol. The van der Waals surface area contributed by atoms with E-state index in [1.807, 2.05) is 6.07 Å². The van der Waals surface area contributed by atoms with Crippen LogP contribution in [0.1, 0.15) is 5.69 Å². The summed E-state index contributed by atoms with van der Waals surface area (Å²) < 4.78 is 5.15. The molecule has 2 rings (SSSR count). The normalized spacial score (nSPS) is 9.93. The van der Waals surface area contributed by atoms with Crippen LogP contribution in [0.15, 0.2) is 24.3 Å². The van der Waals surface area contributed by atoms with Gasteiger partial charge in [-0.15, -0.1) is 0 Å². The third-order valence-corrected chi connectivity index (χ3v) is 2.43. The number of pyridine rings is 1. The molecule has 1 aromatic carbocycles. The molecule has 0 radical (unpaired) electrons. The number of fused-ring (bicyclic) bond motifs is 1. The second-order valence-corrected chi connectivity index (χ2v) is 3.36. The fraction of sp³-hybridized carbons (Fsp3) is 0.0909. The van der Waals surface area contributed by atoms with Gasteiger partial charge in [-0.25, -0.2) is 4.98 Å². The Morgan fingerprint density at radius 3 is 2.80 bits per heavy atom. The summed E-state index contributed by atoms with van der Waals surface area (Å²) in [5.41, 5.74) is 0.965. The quantitative estimate of drug-likeness (QED) is 0.740. The molecule has 0 N–H and O–H groups in total. The highest BCUT2D eigenvalue weighted by Gasteiger charge is 2.07. The van der Waals surface area contributed by atoms with E-state index >= 15 is 0 Å². The number of methoxy groups -OCH3 is 1. The van der Waals surface area contributed by atoms with Gasteiger partial charge >= 0.3 is 0 Å². The molecule has 1 aromatic heterocycles. The van der Waals surface area contributed by atoms with Crippen molar-refractivity contribution in [2.75, 3.05) is 7.11 Å². The predicted molar refractivity (Wildman–Crippen MR) is 58.0 cm³/mol. The molecule has 0 saturated carbocycles. The van der Waals surface area contributed by atoms with Crippen LogP contribution in [0.3, 0.4) is 0 Å². The van der Waals surface area contributed by atoms with Gasteiger partial charge in [0.25, 0.3) is 0 Å². The lowest BCUT2D eigenvalue weighted by molar-refractivity contribution is 0.419. The summed E-state index contributed by atoms with van der Waals surface area (Å²) in [5.74, 6) is 0.617. The van der Waals surface area contributed by atoms with Crippen molar-refractivity contribution < 1.29 is 4.74 Å². The first-order valence-electron chi connectivity index (χ1n) is 4.29. The molecular weight excluding hydrogens is 212 g/mol. The zero-order valence-electron chi connectivity index (χ0n) is 7.99. The molecule has 0 unspecified atom stereocenters. The molecule has 0 aliphatic rings. The van der Waals surface area contributed by atoms with Gasteiger partial charge < -0.3 is 4.74 Å². The molecule has 1 heterocycles. The third kappa shape index (κ3) is 1.60. The monoisotopic (exact) mass is 218 g/mol. The molecule has 0 spiro atoms. The van der Waals surface area contributed by atoms with Gasteiger partial charge in [0.2, 0.25) is 0 Å². The first-order chi connectivity index (χ1) is 7.26. The van der Waals surface area contributed by atoms with Crippen LogP contribution in [0, 0.1) is 11.3 Å². The second-order valence-electron chi connectivity index (χ2n) is 2.95. The van der Waals surface area contributed by atoms with E-state index in [4.69, 9.17) is 21.6 Å². The van der Waals surface area contributed by atoms with E-state index in [1.165, 1.54) is 0 Å². The molecule has 0 aliphatic heterocycles. The van der Waals surface area contributed by atoms with Crippen LogP contribution in [0.25, 0.3) is 10.9 Å². The van der Waals surface area contributed by atoms with Gasteiger partial charge in [0.15, 0.2) is 0 Å². The minimum absolute atomic E-state index is 0.350. The Morgan fingerprint density at radius 1 is 1.33 bits per heavy atom. The van der Waals surface area contributed by atoms with Crippen LogP contribution in [-0.2, 0) is 0 Å². The summed E-state index contributed by atoms with van der Waals surface area (Å²) in [6, 6.07) is 8.86. The highest BCUT2D eigenvalue weighted by Crippen LogP contribution is 2.29. The standard InChI is InChI=1S/C11H7ClN2O/c1-15-10-5-4-9(12)8-3-2-7(6-13)14-11(8)10/h2-5H,1H3. The van der Waals surface area contributed by atoms with Crippen molar-refractivity contribution in [3.63, 3.8) is 0 Å². The molecule has 2 aromatic rings. The lowest BCUT2D eigenvalue weighted by atomic mass is 10.2. The SMILES string of the molecule is COc1ccc(Cl)c2ccc(C#N)nc12. The van der Waals surface area contributed by atoms with Gasteiger partial charge in [-0.2, -0.15) is 5.26 Å². The molecule has 0 atom stereocenters. The lowest BCUT2D eigenvalue weighted by Crippen LogP contribution is -1.90. The Labute approximate surface area is 91.9 Å². The van der Waals surface area contributed by atoms with Crippen LogP contribution in [0.5, 0.6) is 5.75 Å². The molecule has 4 heteroatoms. The van der Waals surface area contributed by atoms with Crippen LogP contribution in [0.4, 0.5) is 0 Å². The van der Waals surface area contributed by atoms with Crippen molar-refractivity contribution in [3.8, 4) is 11.8 Å². The smallest absolute Gasteiger partial charge is 0.145 e. The first kappa shape index (κ1) is 9.75. The summed E-state index contributed by atoms with van der Waals surface area (Å²) in [4.78, 5) is 4.15. The number of hydrogen-bond donors (Lipinski definition) is 0. The lowest BCUT2D eigenvalue weighted by Gasteiger charge is -2.05. The molecule has 0 saturated heterocycles. The van der Waals surface area contributed by atoms with E-state index < -0.39 is 0 Å². The minimum atomic E-state index is 0.350. The van der Waals surface area contributed by atoms with Crippen LogP contribution >= 0.6 is 11.6 Å². The van der Waals surface area contributed by atoms with E-state index in [9.17, 15) is 0 Å². The average Bonchev–Trinajstić information content (AvgIpc) is 2.29. The van der Waals surface area contributed by atoms with Gasteiger partial charge in [-0.1, -0.05) is 11.6 Å². The zero-order valence-corrected chi connectivity index (χ0v) is 8.75. The summed E-state index contributed by atoms with van der Waals surface area (Å²) in [5, 5.41) is 10.1. The maximum atomic E-state index is 8.74.